The van der Waals surface area contributed by atoms with Crippen LogP contribution in [0.3, 0.4) is 0 Å². The van der Waals surface area contributed by atoms with Crippen LogP contribution in [0.25, 0.3) is 0 Å². The van der Waals surface area contributed by atoms with Crippen LogP contribution in [0.1, 0.15) is 28.9 Å². The zero-order valence-electron chi connectivity index (χ0n) is 17.3. The molecule has 2 aromatic carbocycles. The summed E-state index contributed by atoms with van der Waals surface area (Å²) in [5, 5.41) is 11.0. The van der Waals surface area contributed by atoms with Crippen molar-refractivity contribution in [2.24, 2.45) is 5.92 Å². The number of para-hydroxylation sites is 1. The predicted molar refractivity (Wildman–Crippen MR) is 107 cm³/mol. The van der Waals surface area contributed by atoms with E-state index in [1.54, 1.807) is 31.2 Å². The van der Waals surface area contributed by atoms with E-state index in [1.165, 1.54) is 37.4 Å². The highest BCUT2D eigenvalue weighted by atomic mass is 19.4. The van der Waals surface area contributed by atoms with Gasteiger partial charge in [0.15, 0.2) is 5.78 Å². The lowest BCUT2D eigenvalue weighted by Gasteiger charge is -2.53. The number of nitrogens with zero attached hydrogens (tertiary/aromatic N) is 2. The average molecular weight is 436 g/mol. The molecule has 0 bridgehead atoms. The van der Waals surface area contributed by atoms with Gasteiger partial charge >= 0.3 is 12.2 Å². The van der Waals surface area contributed by atoms with Crippen molar-refractivity contribution >= 4 is 11.8 Å². The first-order valence-corrected chi connectivity index (χ1v) is 9.66. The Morgan fingerprint density at radius 3 is 2.26 bits per heavy atom. The van der Waals surface area contributed by atoms with Gasteiger partial charge in [-0.1, -0.05) is 48.5 Å². The van der Waals surface area contributed by atoms with Gasteiger partial charge in [-0.05, 0) is 13.0 Å². The fraction of sp³-hybridized carbons (Fsp3) is 0.364. The Labute approximate surface area is 177 Å². The van der Waals surface area contributed by atoms with Gasteiger partial charge in [-0.15, -0.1) is 0 Å². The summed E-state index contributed by atoms with van der Waals surface area (Å²) in [4.78, 5) is 27.4. The number of rotatable bonds is 5. The van der Waals surface area contributed by atoms with Gasteiger partial charge in [0.1, 0.15) is 11.7 Å². The molecule has 0 radical (unpaired) electrons. The van der Waals surface area contributed by atoms with Gasteiger partial charge in [-0.2, -0.15) is 13.2 Å². The van der Waals surface area contributed by atoms with E-state index in [0.29, 0.717) is 0 Å². The molecule has 0 spiro atoms. The fourth-order valence-electron chi connectivity index (χ4n) is 4.03. The Morgan fingerprint density at radius 1 is 1.10 bits per heavy atom. The summed E-state index contributed by atoms with van der Waals surface area (Å²) in [6.45, 7) is 1.93. The van der Waals surface area contributed by atoms with Crippen molar-refractivity contribution in [3.05, 3.63) is 65.7 Å². The van der Waals surface area contributed by atoms with E-state index in [0.717, 1.165) is 11.9 Å². The zero-order chi connectivity index (χ0) is 23.0. The van der Waals surface area contributed by atoms with Crippen molar-refractivity contribution in [2.75, 3.05) is 20.7 Å². The summed E-state index contributed by atoms with van der Waals surface area (Å²) >= 11 is 0. The van der Waals surface area contributed by atoms with Gasteiger partial charge in [0, 0.05) is 25.2 Å². The van der Waals surface area contributed by atoms with Gasteiger partial charge in [0.2, 0.25) is 0 Å². The van der Waals surface area contributed by atoms with Crippen LogP contribution in [0.5, 0.6) is 5.75 Å². The molecule has 2 aromatic rings. The molecule has 0 aliphatic carbocycles. The van der Waals surface area contributed by atoms with E-state index >= 15 is 0 Å². The van der Waals surface area contributed by atoms with E-state index in [-0.39, 0.29) is 28.4 Å². The number of ether oxygens (including phenoxy) is 1. The minimum atomic E-state index is -5.30. The Hall–Kier alpha value is -3.07. The maximum atomic E-state index is 14.3. The smallest absolute Gasteiger partial charge is 0.437 e. The van der Waals surface area contributed by atoms with Crippen molar-refractivity contribution in [1.29, 1.82) is 0 Å². The number of hydrogen-bond donors (Lipinski definition) is 1. The molecule has 1 N–H and O–H groups in total. The Morgan fingerprint density at radius 2 is 1.68 bits per heavy atom. The summed E-state index contributed by atoms with van der Waals surface area (Å²) in [7, 11) is 2.13. The second-order valence-electron chi connectivity index (χ2n) is 7.30. The normalized spacial score (nSPS) is 24.3. The number of ketones is 1. The lowest BCUT2D eigenvalue weighted by Crippen LogP contribution is -2.73. The molecule has 3 rings (SSSR count). The summed E-state index contributed by atoms with van der Waals surface area (Å²) < 4.78 is 48.4. The summed E-state index contributed by atoms with van der Waals surface area (Å²) in [5.74, 6) is -2.78. The molecule has 1 aliphatic heterocycles. The SMILES string of the molecule is CCOc1ccccc1C1C(C(=O)c2ccccc2)C(O)(C(F)(F)F)N(C)C(=O)N1C. The van der Waals surface area contributed by atoms with Gasteiger partial charge in [-0.25, -0.2) is 4.79 Å². The molecule has 9 heteroatoms. The lowest BCUT2D eigenvalue weighted by atomic mass is 9.75. The van der Waals surface area contributed by atoms with Gasteiger partial charge in [0.25, 0.3) is 5.72 Å². The number of benzene rings is 2. The monoisotopic (exact) mass is 436 g/mol. The van der Waals surface area contributed by atoms with E-state index in [4.69, 9.17) is 4.74 Å². The summed E-state index contributed by atoms with van der Waals surface area (Å²) in [6, 6.07) is 11.2. The first kappa shape index (κ1) is 22.6. The highest BCUT2D eigenvalue weighted by Gasteiger charge is 2.70. The third-order valence-electron chi connectivity index (χ3n) is 5.56. The molecule has 1 aliphatic rings. The maximum Gasteiger partial charge on any atom is 0.437 e. The zero-order valence-corrected chi connectivity index (χ0v) is 17.3. The number of Topliss-reactive ketones (excluding diaryl/α,β-unsaturated/α-hetero) is 1. The first-order chi connectivity index (χ1) is 14.6. The molecule has 2 amide bonds. The summed E-state index contributed by atoms with van der Waals surface area (Å²) in [6.07, 6.45) is -5.30. The highest BCUT2D eigenvalue weighted by Crippen LogP contribution is 2.51. The first-order valence-electron chi connectivity index (χ1n) is 9.66. The molecule has 1 fully saturated rings. The fourth-order valence-corrected chi connectivity index (χ4v) is 4.03. The van der Waals surface area contributed by atoms with E-state index in [1.807, 2.05) is 0 Å². The van der Waals surface area contributed by atoms with Crippen LogP contribution in [0.4, 0.5) is 18.0 Å². The molecule has 31 heavy (non-hydrogen) atoms. The van der Waals surface area contributed by atoms with E-state index < -0.39 is 35.7 Å². The molecule has 0 saturated carbocycles. The second-order valence-corrected chi connectivity index (χ2v) is 7.30. The molecule has 3 atom stereocenters. The van der Waals surface area contributed by atoms with E-state index in [9.17, 15) is 27.9 Å². The van der Waals surface area contributed by atoms with Gasteiger partial charge in [0.05, 0.1) is 12.6 Å². The quantitative estimate of drug-likeness (QED) is 0.723. The molecule has 1 heterocycles. The van der Waals surface area contributed by atoms with Crippen LogP contribution in [0.15, 0.2) is 54.6 Å². The topological polar surface area (TPSA) is 70.1 Å². The van der Waals surface area contributed by atoms with Crippen molar-refractivity contribution in [3.63, 3.8) is 0 Å². The van der Waals surface area contributed by atoms with Crippen molar-refractivity contribution in [1.82, 2.24) is 9.80 Å². The lowest BCUT2D eigenvalue weighted by molar-refractivity contribution is -0.328. The third-order valence-corrected chi connectivity index (χ3v) is 5.56. The number of carbonyl (C=O) groups excluding carboxylic acids is 2. The number of hydrogen-bond acceptors (Lipinski definition) is 4. The summed E-state index contributed by atoms with van der Waals surface area (Å²) in [5.41, 5.74) is -3.54. The largest absolute Gasteiger partial charge is 0.494 e. The van der Waals surface area contributed by atoms with Gasteiger partial charge < -0.3 is 14.7 Å². The van der Waals surface area contributed by atoms with Gasteiger partial charge in [-0.3, -0.25) is 9.69 Å². The molecular weight excluding hydrogens is 413 g/mol. The molecular formula is C22H23F3N2O4. The van der Waals surface area contributed by atoms with Crippen molar-refractivity contribution < 1.29 is 32.6 Å². The average Bonchev–Trinajstić information content (AvgIpc) is 2.75. The van der Waals surface area contributed by atoms with Crippen LogP contribution in [0.2, 0.25) is 0 Å². The molecule has 0 aromatic heterocycles. The molecule has 166 valence electrons. The predicted octanol–water partition coefficient (Wildman–Crippen LogP) is 3.87. The van der Waals surface area contributed by atoms with Crippen molar-refractivity contribution in [2.45, 2.75) is 24.9 Å². The third kappa shape index (κ3) is 3.63. The highest BCUT2D eigenvalue weighted by molar-refractivity contribution is 6.00. The number of urea groups is 1. The molecule has 6 nitrogen and oxygen atoms in total. The standard InChI is InChI=1S/C22H23F3N2O4/c1-4-31-16-13-9-8-12-15(16)18-17(19(28)14-10-6-5-7-11-14)21(30,22(23,24)25)27(3)20(29)26(18)2/h5-13,17-18,30H,4H2,1-3H3. The Bertz CT molecular complexity index is 967. The number of alkyl halides is 3. The number of carbonyl (C=O) groups is 2. The van der Waals surface area contributed by atoms with Crippen LogP contribution in [-0.4, -0.2) is 59.3 Å². The molecule has 1 saturated heterocycles. The number of halogens is 3. The minimum Gasteiger partial charge on any atom is -0.494 e. The van der Waals surface area contributed by atoms with Crippen LogP contribution in [-0.2, 0) is 0 Å². The number of amides is 2. The molecule has 3 unspecified atom stereocenters. The van der Waals surface area contributed by atoms with Crippen LogP contribution >= 0.6 is 0 Å². The Kier molecular flexibility index (Phi) is 6.00. The van der Waals surface area contributed by atoms with Crippen LogP contribution in [0, 0.1) is 5.92 Å². The maximum absolute atomic E-state index is 14.3. The van der Waals surface area contributed by atoms with E-state index in [2.05, 4.69) is 0 Å². The number of aliphatic hydroxyl groups is 1. The Balaban J connectivity index is 2.30. The van der Waals surface area contributed by atoms with Crippen molar-refractivity contribution in [3.8, 4) is 5.75 Å². The van der Waals surface area contributed by atoms with Crippen LogP contribution < -0.4 is 4.74 Å². The minimum absolute atomic E-state index is 0.00906. The second kappa shape index (κ2) is 8.22.